The number of furan rings is 1. The van der Waals surface area contributed by atoms with E-state index in [-0.39, 0.29) is 6.04 Å². The summed E-state index contributed by atoms with van der Waals surface area (Å²) in [7, 11) is 0. The minimum Gasteiger partial charge on any atom is -0.448 e. The van der Waals surface area contributed by atoms with Crippen LogP contribution in [0.15, 0.2) is 16.5 Å². The highest BCUT2D eigenvalue weighted by atomic mass is 35.5. The highest BCUT2D eigenvalue weighted by molar-refractivity contribution is 6.28. The van der Waals surface area contributed by atoms with E-state index in [1.54, 1.807) is 6.07 Å². The van der Waals surface area contributed by atoms with Gasteiger partial charge in [0.1, 0.15) is 5.76 Å². The van der Waals surface area contributed by atoms with Gasteiger partial charge >= 0.3 is 0 Å². The number of rotatable bonds is 4. The Labute approximate surface area is 83.3 Å². The average molecular weight is 198 g/mol. The minimum absolute atomic E-state index is 0.101. The predicted molar refractivity (Wildman–Crippen MR) is 53.5 cm³/mol. The molecule has 0 aliphatic carbocycles. The van der Waals surface area contributed by atoms with E-state index < -0.39 is 0 Å². The summed E-state index contributed by atoms with van der Waals surface area (Å²) in [6.07, 6.45) is 6.19. The lowest BCUT2D eigenvalue weighted by Gasteiger charge is -2.07. The summed E-state index contributed by atoms with van der Waals surface area (Å²) >= 11 is 5.61. The van der Waals surface area contributed by atoms with Crippen LogP contribution in [-0.2, 0) is 6.54 Å². The van der Waals surface area contributed by atoms with Crippen molar-refractivity contribution in [3.05, 3.63) is 23.1 Å². The molecule has 1 heterocycles. The quantitative estimate of drug-likeness (QED) is 0.751. The second-order valence-electron chi connectivity index (χ2n) is 2.71. The second kappa shape index (κ2) is 4.96. The summed E-state index contributed by atoms with van der Waals surface area (Å²) in [4.78, 5) is 0. The lowest BCUT2D eigenvalue weighted by atomic mass is 10.2. The molecule has 0 aliphatic heterocycles. The number of hydrogen-bond donors (Lipinski definition) is 1. The number of nitrogens with one attached hydrogen (secondary N) is 1. The van der Waals surface area contributed by atoms with E-state index in [2.05, 4.69) is 11.2 Å². The van der Waals surface area contributed by atoms with Crippen LogP contribution in [0.3, 0.4) is 0 Å². The molecule has 0 saturated carbocycles. The van der Waals surface area contributed by atoms with Crippen molar-refractivity contribution in [1.82, 2.24) is 5.32 Å². The van der Waals surface area contributed by atoms with E-state index in [0.717, 1.165) is 12.2 Å². The van der Waals surface area contributed by atoms with Gasteiger partial charge in [-0.15, -0.1) is 6.42 Å². The van der Waals surface area contributed by atoms with Crippen molar-refractivity contribution in [2.24, 2.45) is 0 Å². The molecule has 3 heteroatoms. The van der Waals surface area contributed by atoms with E-state index in [0.29, 0.717) is 11.8 Å². The van der Waals surface area contributed by atoms with E-state index in [1.165, 1.54) is 0 Å². The SMILES string of the molecule is C#CC(CC)NCc1ccc(Cl)o1. The van der Waals surface area contributed by atoms with E-state index in [1.807, 2.05) is 13.0 Å². The lowest BCUT2D eigenvalue weighted by Crippen LogP contribution is -2.25. The fourth-order valence-corrected chi connectivity index (χ4v) is 1.15. The average Bonchev–Trinajstić information content (AvgIpc) is 2.53. The zero-order chi connectivity index (χ0) is 9.68. The van der Waals surface area contributed by atoms with E-state index in [4.69, 9.17) is 22.4 Å². The Balaban J connectivity index is 2.39. The molecular weight excluding hydrogens is 186 g/mol. The highest BCUT2D eigenvalue weighted by Gasteiger charge is 2.03. The summed E-state index contributed by atoms with van der Waals surface area (Å²) < 4.78 is 5.16. The van der Waals surface area contributed by atoms with Gasteiger partial charge in [-0.3, -0.25) is 5.32 Å². The van der Waals surface area contributed by atoms with Gasteiger partial charge in [-0.25, -0.2) is 0 Å². The Morgan fingerprint density at radius 1 is 1.69 bits per heavy atom. The Morgan fingerprint density at radius 3 is 2.92 bits per heavy atom. The Hall–Kier alpha value is -0.910. The molecule has 1 unspecified atom stereocenters. The second-order valence-corrected chi connectivity index (χ2v) is 3.09. The van der Waals surface area contributed by atoms with Crippen molar-refractivity contribution >= 4 is 11.6 Å². The molecular formula is C10H12ClNO. The van der Waals surface area contributed by atoms with Crippen LogP contribution in [0.25, 0.3) is 0 Å². The molecule has 0 amide bonds. The summed E-state index contributed by atoms with van der Waals surface area (Å²) in [5.74, 6) is 3.45. The largest absolute Gasteiger partial charge is 0.448 e. The molecule has 0 aromatic carbocycles. The molecule has 0 saturated heterocycles. The van der Waals surface area contributed by atoms with Gasteiger partial charge in [0.15, 0.2) is 5.22 Å². The maximum Gasteiger partial charge on any atom is 0.193 e. The van der Waals surface area contributed by atoms with Gasteiger partial charge in [-0.2, -0.15) is 0 Å². The van der Waals surface area contributed by atoms with Crippen LogP contribution in [0, 0.1) is 12.3 Å². The van der Waals surface area contributed by atoms with Crippen molar-refractivity contribution < 1.29 is 4.42 Å². The van der Waals surface area contributed by atoms with Gasteiger partial charge in [0.05, 0.1) is 12.6 Å². The van der Waals surface area contributed by atoms with Crippen molar-refractivity contribution in [1.29, 1.82) is 0 Å². The van der Waals surface area contributed by atoms with Crippen LogP contribution < -0.4 is 5.32 Å². The molecule has 13 heavy (non-hydrogen) atoms. The molecule has 0 radical (unpaired) electrons. The smallest absolute Gasteiger partial charge is 0.193 e. The first kappa shape index (κ1) is 10.2. The van der Waals surface area contributed by atoms with Gasteiger partial charge in [-0.05, 0) is 30.2 Å². The first-order valence-corrected chi connectivity index (χ1v) is 4.57. The zero-order valence-corrected chi connectivity index (χ0v) is 8.27. The van der Waals surface area contributed by atoms with Gasteiger partial charge < -0.3 is 4.42 Å². The number of halogens is 1. The van der Waals surface area contributed by atoms with E-state index in [9.17, 15) is 0 Å². The molecule has 1 aromatic heterocycles. The number of terminal acetylenes is 1. The van der Waals surface area contributed by atoms with Crippen LogP contribution in [0.4, 0.5) is 0 Å². The first-order chi connectivity index (χ1) is 6.26. The Morgan fingerprint density at radius 2 is 2.46 bits per heavy atom. The maximum atomic E-state index is 5.61. The van der Waals surface area contributed by atoms with Crippen LogP contribution in [0.2, 0.25) is 5.22 Å². The maximum absolute atomic E-state index is 5.61. The van der Waals surface area contributed by atoms with Gasteiger partial charge in [-0.1, -0.05) is 12.8 Å². The Bertz CT molecular complexity index is 300. The molecule has 1 rings (SSSR count). The topological polar surface area (TPSA) is 25.2 Å². The van der Waals surface area contributed by atoms with Gasteiger partial charge in [0, 0.05) is 0 Å². The molecule has 0 spiro atoms. The molecule has 70 valence electrons. The fourth-order valence-electron chi connectivity index (χ4n) is 0.992. The first-order valence-electron chi connectivity index (χ1n) is 4.20. The lowest BCUT2D eigenvalue weighted by molar-refractivity contribution is 0.469. The van der Waals surface area contributed by atoms with Crippen molar-refractivity contribution in [3.63, 3.8) is 0 Å². The Kier molecular flexibility index (Phi) is 3.88. The monoisotopic (exact) mass is 197 g/mol. The van der Waals surface area contributed by atoms with Crippen molar-refractivity contribution in [2.45, 2.75) is 25.9 Å². The van der Waals surface area contributed by atoms with Crippen LogP contribution in [-0.4, -0.2) is 6.04 Å². The summed E-state index contributed by atoms with van der Waals surface area (Å²) in [6, 6.07) is 3.65. The standard InChI is InChI=1S/C10H12ClNO/c1-3-8(4-2)12-7-9-5-6-10(11)13-9/h1,5-6,8,12H,4,7H2,2H3. The number of hydrogen-bond acceptors (Lipinski definition) is 2. The normalized spacial score (nSPS) is 12.4. The van der Waals surface area contributed by atoms with Gasteiger partial charge in [0.2, 0.25) is 0 Å². The molecule has 1 N–H and O–H groups in total. The summed E-state index contributed by atoms with van der Waals surface area (Å²) in [5, 5.41) is 3.57. The van der Waals surface area contributed by atoms with Crippen LogP contribution >= 0.6 is 11.6 Å². The third kappa shape index (κ3) is 3.14. The molecule has 2 nitrogen and oxygen atoms in total. The van der Waals surface area contributed by atoms with E-state index >= 15 is 0 Å². The third-order valence-electron chi connectivity index (χ3n) is 1.76. The zero-order valence-electron chi connectivity index (χ0n) is 7.51. The molecule has 0 aliphatic rings. The third-order valence-corrected chi connectivity index (χ3v) is 1.96. The minimum atomic E-state index is 0.101. The van der Waals surface area contributed by atoms with Crippen molar-refractivity contribution in [2.75, 3.05) is 0 Å². The molecule has 1 atom stereocenters. The molecule has 1 aromatic rings. The van der Waals surface area contributed by atoms with Crippen LogP contribution in [0.1, 0.15) is 19.1 Å². The highest BCUT2D eigenvalue weighted by Crippen LogP contribution is 2.12. The fraction of sp³-hybridized carbons (Fsp3) is 0.400. The summed E-state index contributed by atoms with van der Waals surface area (Å²) in [6.45, 7) is 2.65. The van der Waals surface area contributed by atoms with Crippen molar-refractivity contribution in [3.8, 4) is 12.3 Å². The van der Waals surface area contributed by atoms with Crippen LogP contribution in [0.5, 0.6) is 0 Å². The predicted octanol–water partition coefficient (Wildman–Crippen LogP) is 2.43. The van der Waals surface area contributed by atoms with Gasteiger partial charge in [0.25, 0.3) is 0 Å². The molecule has 0 fully saturated rings. The summed E-state index contributed by atoms with van der Waals surface area (Å²) in [5.41, 5.74) is 0. The molecule has 0 bridgehead atoms.